The summed E-state index contributed by atoms with van der Waals surface area (Å²) in [5.74, 6) is 0.769. The van der Waals surface area contributed by atoms with Crippen LogP contribution in [0.15, 0.2) is 97.6 Å². The molecule has 0 spiro atoms. The Morgan fingerprint density at radius 1 is 0.933 bits per heavy atom. The SMILES string of the molecule is C=CC[C@H]1[C@H](c2ccccc2)N(c2ccc(OC)cc2)C(=O)N1Cc1ccccc1. The van der Waals surface area contributed by atoms with Crippen LogP contribution < -0.4 is 9.64 Å². The maximum absolute atomic E-state index is 13.7. The molecule has 1 aliphatic rings. The highest BCUT2D eigenvalue weighted by atomic mass is 16.5. The largest absolute Gasteiger partial charge is 0.497 e. The monoisotopic (exact) mass is 398 g/mol. The van der Waals surface area contributed by atoms with Crippen LogP contribution in [0.4, 0.5) is 10.5 Å². The lowest BCUT2D eigenvalue weighted by Gasteiger charge is -2.28. The second kappa shape index (κ2) is 8.87. The van der Waals surface area contributed by atoms with Crippen molar-refractivity contribution in [1.29, 1.82) is 0 Å². The Kier molecular flexibility index (Phi) is 5.84. The highest BCUT2D eigenvalue weighted by molar-refractivity contribution is 5.96. The minimum absolute atomic E-state index is 0.00437. The van der Waals surface area contributed by atoms with Crippen LogP contribution in [0.3, 0.4) is 0 Å². The van der Waals surface area contributed by atoms with Gasteiger partial charge in [0.05, 0.1) is 19.2 Å². The summed E-state index contributed by atoms with van der Waals surface area (Å²) >= 11 is 0. The van der Waals surface area contributed by atoms with E-state index in [2.05, 4.69) is 30.8 Å². The molecule has 30 heavy (non-hydrogen) atoms. The van der Waals surface area contributed by atoms with E-state index in [1.165, 1.54) is 0 Å². The van der Waals surface area contributed by atoms with Crippen LogP contribution in [0.1, 0.15) is 23.6 Å². The number of amides is 2. The summed E-state index contributed by atoms with van der Waals surface area (Å²) in [5, 5.41) is 0. The first kappa shape index (κ1) is 19.8. The first-order valence-electron chi connectivity index (χ1n) is 10.2. The third-order valence-electron chi connectivity index (χ3n) is 5.59. The van der Waals surface area contributed by atoms with E-state index >= 15 is 0 Å². The molecule has 2 amide bonds. The second-order valence-corrected chi connectivity index (χ2v) is 7.41. The summed E-state index contributed by atoms with van der Waals surface area (Å²) in [6.07, 6.45) is 2.62. The molecule has 0 aliphatic carbocycles. The van der Waals surface area contributed by atoms with Crippen molar-refractivity contribution in [2.45, 2.75) is 25.0 Å². The number of hydrogen-bond donors (Lipinski definition) is 0. The summed E-state index contributed by atoms with van der Waals surface area (Å²) in [6.45, 7) is 4.53. The zero-order valence-corrected chi connectivity index (χ0v) is 17.1. The molecule has 1 saturated heterocycles. The average molecular weight is 399 g/mol. The topological polar surface area (TPSA) is 32.8 Å². The Bertz CT molecular complexity index is 987. The molecule has 3 aromatic carbocycles. The zero-order valence-electron chi connectivity index (χ0n) is 17.1. The van der Waals surface area contributed by atoms with E-state index in [-0.39, 0.29) is 18.1 Å². The fourth-order valence-electron chi connectivity index (χ4n) is 4.17. The number of hydrogen-bond acceptors (Lipinski definition) is 2. The first-order valence-corrected chi connectivity index (χ1v) is 10.2. The lowest BCUT2D eigenvalue weighted by Crippen LogP contribution is -2.34. The molecule has 0 radical (unpaired) electrons. The predicted octanol–water partition coefficient (Wildman–Crippen LogP) is 5.82. The number of rotatable bonds is 7. The van der Waals surface area contributed by atoms with E-state index in [1.807, 2.05) is 76.5 Å². The van der Waals surface area contributed by atoms with Gasteiger partial charge in [-0.25, -0.2) is 4.79 Å². The van der Waals surface area contributed by atoms with E-state index in [9.17, 15) is 4.79 Å². The summed E-state index contributed by atoms with van der Waals surface area (Å²) in [4.78, 5) is 17.6. The minimum Gasteiger partial charge on any atom is -0.497 e. The molecule has 3 aromatic rings. The number of carbonyl (C=O) groups excluding carboxylic acids is 1. The molecular formula is C26H26N2O2. The predicted molar refractivity (Wildman–Crippen MR) is 121 cm³/mol. The molecule has 152 valence electrons. The van der Waals surface area contributed by atoms with E-state index in [1.54, 1.807) is 7.11 Å². The fraction of sp³-hybridized carbons (Fsp3) is 0.192. The highest BCUT2D eigenvalue weighted by Crippen LogP contribution is 2.41. The Morgan fingerprint density at radius 3 is 2.17 bits per heavy atom. The quantitative estimate of drug-likeness (QED) is 0.470. The molecule has 0 N–H and O–H groups in total. The molecule has 0 bridgehead atoms. The molecule has 1 heterocycles. The van der Waals surface area contributed by atoms with Gasteiger partial charge in [-0.3, -0.25) is 4.90 Å². The van der Waals surface area contributed by atoms with Crippen LogP contribution in [-0.4, -0.2) is 24.1 Å². The van der Waals surface area contributed by atoms with Gasteiger partial charge in [0, 0.05) is 12.2 Å². The van der Waals surface area contributed by atoms with Crippen LogP contribution >= 0.6 is 0 Å². The Morgan fingerprint density at radius 2 is 1.57 bits per heavy atom. The van der Waals surface area contributed by atoms with Crippen molar-refractivity contribution in [2.75, 3.05) is 12.0 Å². The number of benzene rings is 3. The fourth-order valence-corrected chi connectivity index (χ4v) is 4.17. The zero-order chi connectivity index (χ0) is 20.9. The summed E-state index contributed by atoms with van der Waals surface area (Å²) in [5.41, 5.74) is 3.09. The van der Waals surface area contributed by atoms with Crippen molar-refractivity contribution in [3.05, 3.63) is 109 Å². The highest BCUT2D eigenvalue weighted by Gasteiger charge is 2.46. The molecule has 4 nitrogen and oxygen atoms in total. The van der Waals surface area contributed by atoms with Crippen LogP contribution in [0.25, 0.3) is 0 Å². The van der Waals surface area contributed by atoms with Gasteiger partial charge in [-0.1, -0.05) is 66.7 Å². The summed E-state index contributed by atoms with van der Waals surface area (Å²) < 4.78 is 5.30. The van der Waals surface area contributed by atoms with Gasteiger partial charge in [0.1, 0.15) is 5.75 Å². The van der Waals surface area contributed by atoms with Gasteiger partial charge in [0.25, 0.3) is 0 Å². The normalized spacial score (nSPS) is 18.5. The third-order valence-corrected chi connectivity index (χ3v) is 5.59. The van der Waals surface area contributed by atoms with Gasteiger partial charge in [-0.2, -0.15) is 0 Å². The van der Waals surface area contributed by atoms with E-state index in [0.29, 0.717) is 13.0 Å². The number of nitrogens with zero attached hydrogens (tertiary/aromatic N) is 2. The molecular weight excluding hydrogens is 372 g/mol. The number of urea groups is 1. The average Bonchev–Trinajstić information content (AvgIpc) is 3.07. The number of carbonyl (C=O) groups is 1. The van der Waals surface area contributed by atoms with Gasteiger partial charge in [0.15, 0.2) is 0 Å². The van der Waals surface area contributed by atoms with E-state index in [4.69, 9.17) is 4.74 Å². The van der Waals surface area contributed by atoms with E-state index in [0.717, 1.165) is 22.6 Å². The molecule has 0 aromatic heterocycles. The van der Waals surface area contributed by atoms with Crippen LogP contribution in [0.2, 0.25) is 0 Å². The number of methoxy groups -OCH3 is 1. The Balaban J connectivity index is 1.78. The van der Waals surface area contributed by atoms with Crippen LogP contribution in [-0.2, 0) is 6.54 Å². The molecule has 0 unspecified atom stereocenters. The lowest BCUT2D eigenvalue weighted by molar-refractivity contribution is 0.199. The van der Waals surface area contributed by atoms with Gasteiger partial charge in [-0.15, -0.1) is 6.58 Å². The first-order chi connectivity index (χ1) is 14.7. The van der Waals surface area contributed by atoms with Crippen molar-refractivity contribution in [3.8, 4) is 5.75 Å². The standard InChI is InChI=1S/C26H26N2O2/c1-3-10-24-25(21-13-8-5-9-14-21)28(22-15-17-23(30-2)18-16-22)26(29)27(24)19-20-11-6-4-7-12-20/h3-9,11-18,24-25H,1,10,19H2,2H3/t24-,25-/m0/s1. The second-order valence-electron chi connectivity index (χ2n) is 7.41. The van der Waals surface area contributed by atoms with Gasteiger partial charge >= 0.3 is 6.03 Å². The maximum Gasteiger partial charge on any atom is 0.325 e. The third kappa shape index (κ3) is 3.81. The Labute approximate surface area is 178 Å². The van der Waals surface area contributed by atoms with Crippen molar-refractivity contribution in [3.63, 3.8) is 0 Å². The van der Waals surface area contributed by atoms with E-state index < -0.39 is 0 Å². The molecule has 4 rings (SSSR count). The number of anilines is 1. The van der Waals surface area contributed by atoms with Gasteiger partial charge in [0.2, 0.25) is 0 Å². The molecule has 1 fully saturated rings. The summed E-state index contributed by atoms with van der Waals surface area (Å²) in [6, 6.07) is 27.9. The molecule has 4 heteroatoms. The number of ether oxygens (including phenoxy) is 1. The molecule has 0 saturated carbocycles. The lowest BCUT2D eigenvalue weighted by atomic mass is 9.96. The molecule has 1 aliphatic heterocycles. The van der Waals surface area contributed by atoms with Crippen molar-refractivity contribution >= 4 is 11.7 Å². The smallest absolute Gasteiger partial charge is 0.325 e. The maximum atomic E-state index is 13.7. The molecule has 2 atom stereocenters. The van der Waals surface area contributed by atoms with Crippen molar-refractivity contribution in [2.24, 2.45) is 0 Å². The summed E-state index contributed by atoms with van der Waals surface area (Å²) in [7, 11) is 1.64. The Hall–Kier alpha value is -3.53. The van der Waals surface area contributed by atoms with Gasteiger partial charge in [-0.05, 0) is 41.8 Å². The van der Waals surface area contributed by atoms with Crippen LogP contribution in [0, 0.1) is 0 Å². The van der Waals surface area contributed by atoms with Crippen molar-refractivity contribution in [1.82, 2.24) is 4.90 Å². The van der Waals surface area contributed by atoms with Gasteiger partial charge < -0.3 is 9.64 Å². The van der Waals surface area contributed by atoms with Crippen molar-refractivity contribution < 1.29 is 9.53 Å². The minimum atomic E-state index is -0.103. The van der Waals surface area contributed by atoms with Crippen LogP contribution in [0.5, 0.6) is 5.75 Å².